The molecule has 1 aromatic carbocycles. The van der Waals surface area contributed by atoms with Gasteiger partial charge in [0.25, 0.3) is 0 Å². The Morgan fingerprint density at radius 2 is 2.12 bits per heavy atom. The Morgan fingerprint density at radius 3 is 2.69 bits per heavy atom. The number of likely N-dealkylation sites (tertiary alicyclic amines) is 1. The van der Waals surface area contributed by atoms with E-state index in [1.807, 2.05) is 0 Å². The minimum atomic E-state index is 0.393. The van der Waals surface area contributed by atoms with Gasteiger partial charge in [0.15, 0.2) is 0 Å². The van der Waals surface area contributed by atoms with Gasteiger partial charge in [-0.05, 0) is 24.8 Å². The molecule has 0 amide bonds. The molecule has 1 saturated heterocycles. The van der Waals surface area contributed by atoms with E-state index in [2.05, 4.69) is 42.2 Å². The minimum Gasteiger partial charge on any atom is -0.326 e. The van der Waals surface area contributed by atoms with Crippen LogP contribution in [0.3, 0.4) is 0 Å². The first kappa shape index (κ1) is 11.6. The van der Waals surface area contributed by atoms with E-state index in [1.165, 1.54) is 18.5 Å². The molecule has 0 bridgehead atoms. The van der Waals surface area contributed by atoms with E-state index in [0.29, 0.717) is 12.1 Å². The van der Waals surface area contributed by atoms with Crippen molar-refractivity contribution in [1.29, 1.82) is 0 Å². The van der Waals surface area contributed by atoms with Crippen LogP contribution in [0.1, 0.15) is 25.3 Å². The van der Waals surface area contributed by atoms with Crippen molar-refractivity contribution in [3.05, 3.63) is 35.9 Å². The molecule has 2 N–H and O–H groups in total. The van der Waals surface area contributed by atoms with Crippen LogP contribution in [-0.2, 0) is 6.42 Å². The predicted octanol–water partition coefficient (Wildman–Crippen LogP) is 2.04. The molecule has 2 nitrogen and oxygen atoms in total. The second kappa shape index (κ2) is 5.46. The van der Waals surface area contributed by atoms with Gasteiger partial charge in [0.2, 0.25) is 0 Å². The molecule has 16 heavy (non-hydrogen) atoms. The summed E-state index contributed by atoms with van der Waals surface area (Å²) >= 11 is 0. The topological polar surface area (TPSA) is 29.3 Å². The molecule has 1 aliphatic rings. The molecule has 1 heterocycles. The summed E-state index contributed by atoms with van der Waals surface area (Å²) in [6.45, 7) is 4.52. The molecular weight excluding hydrogens is 196 g/mol. The lowest BCUT2D eigenvalue weighted by Gasteiger charge is -2.26. The lowest BCUT2D eigenvalue weighted by molar-refractivity contribution is 0.232. The van der Waals surface area contributed by atoms with Gasteiger partial charge in [-0.2, -0.15) is 0 Å². The molecule has 0 radical (unpaired) electrons. The van der Waals surface area contributed by atoms with E-state index >= 15 is 0 Å². The fourth-order valence-electron chi connectivity index (χ4n) is 2.56. The predicted molar refractivity (Wildman–Crippen MR) is 68.4 cm³/mol. The second-order valence-electron chi connectivity index (χ2n) is 4.80. The molecule has 2 atom stereocenters. The first-order valence-corrected chi connectivity index (χ1v) is 6.33. The smallest absolute Gasteiger partial charge is 0.0180 e. The zero-order chi connectivity index (χ0) is 11.4. The number of nitrogens with two attached hydrogens (primary N) is 1. The Balaban J connectivity index is 1.96. The van der Waals surface area contributed by atoms with E-state index in [1.54, 1.807) is 0 Å². The van der Waals surface area contributed by atoms with Crippen molar-refractivity contribution in [2.75, 3.05) is 13.1 Å². The Kier molecular flexibility index (Phi) is 3.97. The molecule has 1 fully saturated rings. The number of rotatable bonds is 4. The third-order valence-corrected chi connectivity index (χ3v) is 3.56. The van der Waals surface area contributed by atoms with Crippen LogP contribution in [0.4, 0.5) is 0 Å². The SMILES string of the molecule is CCC(Cc1ccccc1)N1CCC(N)C1. The summed E-state index contributed by atoms with van der Waals surface area (Å²) in [6, 6.07) is 11.8. The highest BCUT2D eigenvalue weighted by molar-refractivity contribution is 5.16. The largest absolute Gasteiger partial charge is 0.326 e. The van der Waals surface area contributed by atoms with Crippen molar-refractivity contribution in [2.24, 2.45) is 5.73 Å². The van der Waals surface area contributed by atoms with E-state index in [0.717, 1.165) is 19.4 Å². The van der Waals surface area contributed by atoms with Crippen LogP contribution in [-0.4, -0.2) is 30.1 Å². The maximum Gasteiger partial charge on any atom is 0.0180 e. The molecular formula is C14H22N2. The summed E-state index contributed by atoms with van der Waals surface area (Å²) in [5, 5.41) is 0. The first-order chi connectivity index (χ1) is 7.79. The van der Waals surface area contributed by atoms with Crippen LogP contribution in [0.25, 0.3) is 0 Å². The fraction of sp³-hybridized carbons (Fsp3) is 0.571. The maximum absolute atomic E-state index is 5.97. The van der Waals surface area contributed by atoms with Crippen LogP contribution < -0.4 is 5.73 Å². The minimum absolute atomic E-state index is 0.393. The lowest BCUT2D eigenvalue weighted by atomic mass is 10.0. The molecule has 1 aromatic rings. The molecule has 0 spiro atoms. The Hall–Kier alpha value is -0.860. The van der Waals surface area contributed by atoms with E-state index < -0.39 is 0 Å². The van der Waals surface area contributed by atoms with Gasteiger partial charge in [0.05, 0.1) is 0 Å². The standard InChI is InChI=1S/C14H22N2/c1-2-14(16-9-8-13(15)11-16)10-12-6-4-3-5-7-12/h3-7,13-14H,2,8-11,15H2,1H3. The van der Waals surface area contributed by atoms with Crippen LogP contribution in [0, 0.1) is 0 Å². The fourth-order valence-corrected chi connectivity index (χ4v) is 2.56. The number of hydrogen-bond donors (Lipinski definition) is 1. The normalized spacial score (nSPS) is 23.5. The van der Waals surface area contributed by atoms with Crippen molar-refractivity contribution in [3.8, 4) is 0 Å². The highest BCUT2D eigenvalue weighted by atomic mass is 15.2. The second-order valence-corrected chi connectivity index (χ2v) is 4.80. The van der Waals surface area contributed by atoms with Crippen molar-refractivity contribution in [2.45, 2.75) is 38.3 Å². The van der Waals surface area contributed by atoms with Crippen molar-refractivity contribution < 1.29 is 0 Å². The highest BCUT2D eigenvalue weighted by Gasteiger charge is 2.24. The molecule has 1 aliphatic heterocycles. The third-order valence-electron chi connectivity index (χ3n) is 3.56. The lowest BCUT2D eigenvalue weighted by Crippen LogP contribution is -2.36. The van der Waals surface area contributed by atoms with E-state index in [9.17, 15) is 0 Å². The Labute approximate surface area is 98.4 Å². The van der Waals surface area contributed by atoms with Gasteiger partial charge in [-0.3, -0.25) is 4.90 Å². The van der Waals surface area contributed by atoms with Gasteiger partial charge in [0, 0.05) is 25.2 Å². The van der Waals surface area contributed by atoms with E-state index in [-0.39, 0.29) is 0 Å². The van der Waals surface area contributed by atoms with Gasteiger partial charge in [-0.1, -0.05) is 37.3 Å². The summed E-state index contributed by atoms with van der Waals surface area (Å²) in [4.78, 5) is 2.55. The summed E-state index contributed by atoms with van der Waals surface area (Å²) < 4.78 is 0. The Morgan fingerprint density at radius 1 is 1.38 bits per heavy atom. The van der Waals surface area contributed by atoms with Gasteiger partial charge in [-0.15, -0.1) is 0 Å². The summed E-state index contributed by atoms with van der Waals surface area (Å²) in [6.07, 6.45) is 3.52. The summed E-state index contributed by atoms with van der Waals surface area (Å²) in [7, 11) is 0. The van der Waals surface area contributed by atoms with Crippen LogP contribution >= 0.6 is 0 Å². The number of hydrogen-bond acceptors (Lipinski definition) is 2. The first-order valence-electron chi connectivity index (χ1n) is 6.33. The van der Waals surface area contributed by atoms with Crippen molar-refractivity contribution in [1.82, 2.24) is 4.90 Å². The van der Waals surface area contributed by atoms with Gasteiger partial charge in [0.1, 0.15) is 0 Å². The molecule has 2 unspecified atom stereocenters. The molecule has 2 rings (SSSR count). The van der Waals surface area contributed by atoms with Crippen LogP contribution in [0.15, 0.2) is 30.3 Å². The number of nitrogens with zero attached hydrogens (tertiary/aromatic N) is 1. The van der Waals surface area contributed by atoms with Gasteiger partial charge >= 0.3 is 0 Å². The van der Waals surface area contributed by atoms with Crippen molar-refractivity contribution >= 4 is 0 Å². The zero-order valence-corrected chi connectivity index (χ0v) is 10.1. The average Bonchev–Trinajstić information content (AvgIpc) is 2.74. The monoisotopic (exact) mass is 218 g/mol. The molecule has 2 heteroatoms. The highest BCUT2D eigenvalue weighted by Crippen LogP contribution is 2.17. The zero-order valence-electron chi connectivity index (χ0n) is 10.1. The number of benzene rings is 1. The van der Waals surface area contributed by atoms with Crippen LogP contribution in [0.5, 0.6) is 0 Å². The summed E-state index contributed by atoms with van der Waals surface area (Å²) in [5.74, 6) is 0. The molecule has 0 saturated carbocycles. The van der Waals surface area contributed by atoms with Crippen LogP contribution in [0.2, 0.25) is 0 Å². The Bertz CT molecular complexity index is 310. The molecule has 88 valence electrons. The van der Waals surface area contributed by atoms with Gasteiger partial charge in [-0.25, -0.2) is 0 Å². The quantitative estimate of drug-likeness (QED) is 0.838. The third kappa shape index (κ3) is 2.83. The average molecular weight is 218 g/mol. The van der Waals surface area contributed by atoms with Gasteiger partial charge < -0.3 is 5.73 Å². The maximum atomic E-state index is 5.97. The van der Waals surface area contributed by atoms with Crippen molar-refractivity contribution in [3.63, 3.8) is 0 Å². The molecule has 0 aliphatic carbocycles. The van der Waals surface area contributed by atoms with E-state index in [4.69, 9.17) is 5.73 Å². The summed E-state index contributed by atoms with van der Waals surface area (Å²) in [5.41, 5.74) is 7.41. The molecule has 0 aromatic heterocycles.